The first-order chi connectivity index (χ1) is 13.7. The molecule has 2 aromatic carbocycles. The van der Waals surface area contributed by atoms with Gasteiger partial charge in [-0.3, -0.25) is 4.79 Å². The summed E-state index contributed by atoms with van der Waals surface area (Å²) in [4.78, 5) is 13.3. The van der Waals surface area contributed by atoms with E-state index < -0.39 is 0 Å². The minimum atomic E-state index is -0.153. The first kappa shape index (κ1) is 20.6. The number of fused-ring (bicyclic) bond motifs is 2. The molecule has 0 heterocycles. The largest absolute Gasteiger partial charge is 0.507 e. The lowest BCUT2D eigenvalue weighted by atomic mass is 9.77. The van der Waals surface area contributed by atoms with E-state index in [0.717, 1.165) is 39.8 Å². The van der Waals surface area contributed by atoms with Crippen molar-refractivity contribution < 1.29 is 9.90 Å². The molecule has 0 unspecified atom stereocenters. The first-order valence-electron chi connectivity index (χ1n) is 9.95. The lowest BCUT2D eigenvalue weighted by molar-refractivity contribution is 0.103. The Morgan fingerprint density at radius 3 is 2.28 bits per heavy atom. The van der Waals surface area contributed by atoms with Crippen molar-refractivity contribution in [1.29, 1.82) is 5.26 Å². The number of ketones is 1. The van der Waals surface area contributed by atoms with Gasteiger partial charge in [0.1, 0.15) is 5.75 Å². The molecule has 0 bridgehead atoms. The number of aromatic hydroxyl groups is 1. The molecule has 0 aliphatic heterocycles. The number of phenolic OH excluding ortho intramolecular Hbond substituents is 1. The van der Waals surface area contributed by atoms with Crippen LogP contribution in [-0.2, 0) is 19.3 Å². The Balaban J connectivity index is 2.26. The van der Waals surface area contributed by atoms with Crippen LogP contribution in [0.1, 0.15) is 77.0 Å². The van der Waals surface area contributed by atoms with E-state index >= 15 is 0 Å². The molecule has 0 spiro atoms. The summed E-state index contributed by atoms with van der Waals surface area (Å²) >= 11 is 0. The van der Waals surface area contributed by atoms with E-state index in [-0.39, 0.29) is 11.5 Å². The van der Waals surface area contributed by atoms with E-state index in [1.807, 2.05) is 26.0 Å². The van der Waals surface area contributed by atoms with Gasteiger partial charge >= 0.3 is 0 Å². The third kappa shape index (κ3) is 3.89. The second-order valence-corrected chi connectivity index (χ2v) is 8.25. The van der Waals surface area contributed by atoms with Crippen molar-refractivity contribution in [3.05, 3.63) is 86.0 Å². The third-order valence-electron chi connectivity index (χ3n) is 5.57. The minimum Gasteiger partial charge on any atom is -0.507 e. The van der Waals surface area contributed by atoms with Crippen molar-refractivity contribution in [2.75, 3.05) is 0 Å². The van der Waals surface area contributed by atoms with Crippen molar-refractivity contribution in [1.82, 2.24) is 0 Å². The van der Waals surface area contributed by atoms with Gasteiger partial charge < -0.3 is 5.11 Å². The molecule has 3 nitrogen and oxygen atoms in total. The molecule has 0 atom stereocenters. The Hall–Kier alpha value is -3.12. The zero-order chi connectivity index (χ0) is 21.3. The maximum atomic E-state index is 13.3. The van der Waals surface area contributed by atoms with Gasteiger partial charge in [-0.15, -0.1) is 0 Å². The topological polar surface area (TPSA) is 61.1 Å². The average molecular weight is 386 g/mol. The number of phenols is 1. The van der Waals surface area contributed by atoms with Crippen LogP contribution in [0.3, 0.4) is 0 Å². The van der Waals surface area contributed by atoms with Gasteiger partial charge in [-0.2, -0.15) is 5.26 Å². The molecule has 0 fully saturated rings. The number of carbonyl (C=O) groups excluding carboxylic acids is 1. The highest BCUT2D eigenvalue weighted by Gasteiger charge is 2.31. The number of allylic oxidation sites excluding steroid dienone is 4. The maximum Gasteiger partial charge on any atom is 0.197 e. The minimum absolute atomic E-state index is 0.0976. The molecule has 1 aliphatic rings. The molecule has 0 saturated heterocycles. The van der Waals surface area contributed by atoms with Crippen LogP contribution in [0.2, 0.25) is 0 Å². The Labute approximate surface area is 173 Å². The number of hydrogen-bond acceptors (Lipinski definition) is 3. The summed E-state index contributed by atoms with van der Waals surface area (Å²) in [7, 11) is 0. The molecule has 2 aromatic rings. The number of nitrogens with zero attached hydrogens (tertiary/aromatic N) is 1. The first-order valence-corrected chi connectivity index (χ1v) is 9.95. The zero-order valence-corrected chi connectivity index (χ0v) is 17.8. The van der Waals surface area contributed by atoms with Crippen LogP contribution in [0.4, 0.5) is 0 Å². The molecule has 3 heteroatoms. The van der Waals surface area contributed by atoms with Crippen LogP contribution in [0, 0.1) is 18.3 Å². The smallest absolute Gasteiger partial charge is 0.197 e. The predicted octanol–water partition coefficient (Wildman–Crippen LogP) is 5.72. The van der Waals surface area contributed by atoms with Crippen LogP contribution in [0.5, 0.6) is 5.75 Å². The molecule has 29 heavy (non-hydrogen) atoms. The lowest BCUT2D eigenvalue weighted by Crippen LogP contribution is -2.20. The number of carbonyl (C=O) groups is 1. The number of nitriles is 1. The average Bonchev–Trinajstić information content (AvgIpc) is 2.65. The monoisotopic (exact) mass is 385 g/mol. The second-order valence-electron chi connectivity index (χ2n) is 8.25. The Kier molecular flexibility index (Phi) is 5.75. The molecule has 148 valence electrons. The molecule has 0 radical (unpaired) electrons. The van der Waals surface area contributed by atoms with Gasteiger partial charge in [-0.25, -0.2) is 0 Å². The van der Waals surface area contributed by atoms with Crippen LogP contribution in [0.25, 0.3) is 0 Å². The van der Waals surface area contributed by atoms with E-state index in [9.17, 15) is 15.2 Å². The highest BCUT2D eigenvalue weighted by atomic mass is 16.3. The maximum absolute atomic E-state index is 13.3. The van der Waals surface area contributed by atoms with E-state index in [1.54, 1.807) is 0 Å². The SMILES string of the molecule is CC(C)=CCc1c(C)ccc2c1Cc1c(CC=C(C)C)c(C#N)cc(O)c1C2=O. The number of hydrogen-bond donors (Lipinski definition) is 1. The molecule has 0 aromatic heterocycles. The fraction of sp³-hybridized carbons (Fsp3) is 0.308. The summed E-state index contributed by atoms with van der Waals surface area (Å²) in [5, 5.41) is 20.2. The standard InChI is InChI=1S/C26H27NO2/c1-15(2)6-9-19-17(5)8-11-21-22(19)13-23-20(10-7-16(3)4)18(14-27)12-24(28)25(23)26(21)29/h6-8,11-12,28H,9-10,13H2,1-5H3. The Morgan fingerprint density at radius 1 is 1.07 bits per heavy atom. The summed E-state index contributed by atoms with van der Waals surface area (Å²) < 4.78 is 0. The second kappa shape index (κ2) is 8.09. The molecule has 3 rings (SSSR count). The van der Waals surface area contributed by atoms with Gasteiger partial charge in [-0.1, -0.05) is 35.4 Å². The summed E-state index contributed by atoms with van der Waals surface area (Å²) in [6, 6.07) is 7.50. The summed E-state index contributed by atoms with van der Waals surface area (Å²) in [5.74, 6) is -0.250. The summed E-state index contributed by atoms with van der Waals surface area (Å²) in [6.45, 7) is 10.2. The van der Waals surface area contributed by atoms with Crippen LogP contribution in [0.15, 0.2) is 41.5 Å². The van der Waals surface area contributed by atoms with Crippen molar-refractivity contribution in [3.8, 4) is 11.8 Å². The van der Waals surface area contributed by atoms with Gasteiger partial charge in [0.05, 0.1) is 17.2 Å². The van der Waals surface area contributed by atoms with Crippen molar-refractivity contribution in [2.24, 2.45) is 0 Å². The van der Waals surface area contributed by atoms with E-state index in [4.69, 9.17) is 0 Å². The van der Waals surface area contributed by atoms with Gasteiger partial charge in [-0.05, 0) is 87.8 Å². The fourth-order valence-corrected chi connectivity index (χ4v) is 3.98. The summed E-state index contributed by atoms with van der Waals surface area (Å²) in [5.41, 5.74) is 8.81. The number of rotatable bonds is 4. The fourth-order valence-electron chi connectivity index (χ4n) is 3.98. The Bertz CT molecular complexity index is 1100. The molecular formula is C26H27NO2. The van der Waals surface area contributed by atoms with E-state index in [1.165, 1.54) is 11.6 Å². The quantitative estimate of drug-likeness (QED) is 0.584. The van der Waals surface area contributed by atoms with Crippen LogP contribution in [-0.4, -0.2) is 10.9 Å². The highest BCUT2D eigenvalue weighted by Crippen LogP contribution is 2.39. The van der Waals surface area contributed by atoms with Crippen molar-refractivity contribution in [2.45, 2.75) is 53.9 Å². The predicted molar refractivity (Wildman–Crippen MR) is 117 cm³/mol. The molecule has 1 aliphatic carbocycles. The number of benzene rings is 2. The lowest BCUT2D eigenvalue weighted by Gasteiger charge is -2.26. The van der Waals surface area contributed by atoms with Gasteiger partial charge in [0.25, 0.3) is 0 Å². The zero-order valence-electron chi connectivity index (χ0n) is 17.8. The number of aryl methyl sites for hydroxylation is 1. The Morgan fingerprint density at radius 2 is 1.69 bits per heavy atom. The normalized spacial score (nSPS) is 11.9. The van der Waals surface area contributed by atoms with E-state index in [2.05, 4.69) is 39.0 Å². The van der Waals surface area contributed by atoms with Crippen molar-refractivity contribution in [3.63, 3.8) is 0 Å². The van der Waals surface area contributed by atoms with Crippen LogP contribution < -0.4 is 0 Å². The van der Waals surface area contributed by atoms with E-state index in [0.29, 0.717) is 29.5 Å². The molecular weight excluding hydrogens is 358 g/mol. The highest BCUT2D eigenvalue weighted by molar-refractivity contribution is 6.14. The third-order valence-corrected chi connectivity index (χ3v) is 5.57. The van der Waals surface area contributed by atoms with Gasteiger partial charge in [0.2, 0.25) is 0 Å². The summed E-state index contributed by atoms with van der Waals surface area (Å²) in [6.07, 6.45) is 6.14. The van der Waals surface area contributed by atoms with Crippen LogP contribution >= 0.6 is 0 Å². The van der Waals surface area contributed by atoms with Crippen molar-refractivity contribution >= 4 is 5.78 Å². The van der Waals surface area contributed by atoms with Gasteiger partial charge in [0.15, 0.2) is 5.78 Å². The molecule has 0 saturated carbocycles. The molecule has 1 N–H and O–H groups in total. The van der Waals surface area contributed by atoms with Gasteiger partial charge in [0, 0.05) is 5.56 Å². The molecule has 0 amide bonds.